The maximum atomic E-state index is 13.1. The Bertz CT molecular complexity index is 698. The zero-order valence-corrected chi connectivity index (χ0v) is 13.6. The Balaban J connectivity index is 1.59. The molecule has 1 saturated carbocycles. The molecular formula is C18H21FN4O. The summed E-state index contributed by atoms with van der Waals surface area (Å²) in [5.74, 6) is 1.35. The molecular weight excluding hydrogens is 307 g/mol. The van der Waals surface area contributed by atoms with E-state index >= 15 is 0 Å². The van der Waals surface area contributed by atoms with Crippen molar-refractivity contribution in [3.63, 3.8) is 0 Å². The lowest BCUT2D eigenvalue weighted by Gasteiger charge is -2.10. The van der Waals surface area contributed by atoms with Crippen molar-refractivity contribution >= 4 is 5.96 Å². The van der Waals surface area contributed by atoms with Crippen molar-refractivity contribution in [3.8, 4) is 11.6 Å². The summed E-state index contributed by atoms with van der Waals surface area (Å²) in [6.45, 7) is 3.41. The highest BCUT2D eigenvalue weighted by Crippen LogP contribution is 2.20. The Morgan fingerprint density at radius 3 is 2.88 bits per heavy atom. The van der Waals surface area contributed by atoms with Crippen LogP contribution in [-0.2, 0) is 6.54 Å². The Labute approximate surface area is 141 Å². The molecule has 0 amide bonds. The summed E-state index contributed by atoms with van der Waals surface area (Å²) in [4.78, 5) is 8.80. The molecule has 0 radical (unpaired) electrons. The molecule has 1 aromatic carbocycles. The molecule has 1 aliphatic rings. The molecule has 5 nitrogen and oxygen atoms in total. The average molecular weight is 328 g/mol. The molecule has 0 spiro atoms. The second-order valence-electron chi connectivity index (χ2n) is 5.68. The number of nitrogens with zero attached hydrogens (tertiary/aromatic N) is 2. The van der Waals surface area contributed by atoms with E-state index in [9.17, 15) is 4.39 Å². The van der Waals surface area contributed by atoms with Gasteiger partial charge >= 0.3 is 0 Å². The summed E-state index contributed by atoms with van der Waals surface area (Å²) < 4.78 is 18.7. The molecule has 3 rings (SSSR count). The SMILES string of the molecule is CCNC(=NCc1ccc(Oc2cccc(F)c2)nc1)NC1CC1. The highest BCUT2D eigenvalue weighted by Gasteiger charge is 2.21. The Morgan fingerprint density at radius 1 is 1.33 bits per heavy atom. The standard InChI is InChI=1S/C18H21FN4O/c1-2-20-18(23-15-7-8-15)22-12-13-6-9-17(21-11-13)24-16-5-3-4-14(19)10-16/h3-6,9-11,15H,2,7-8,12H2,1H3,(H2,20,22,23). The van der Waals surface area contributed by atoms with Gasteiger partial charge in [0, 0.05) is 30.9 Å². The third-order valence-corrected chi connectivity index (χ3v) is 3.50. The Hall–Kier alpha value is -2.63. The number of ether oxygens (including phenoxy) is 1. The molecule has 2 aromatic rings. The van der Waals surface area contributed by atoms with Crippen molar-refractivity contribution < 1.29 is 9.13 Å². The number of hydrogen-bond donors (Lipinski definition) is 2. The normalized spacial score (nSPS) is 14.3. The minimum atomic E-state index is -0.336. The van der Waals surface area contributed by atoms with Crippen LogP contribution in [0.25, 0.3) is 0 Å². The first-order valence-corrected chi connectivity index (χ1v) is 8.16. The summed E-state index contributed by atoms with van der Waals surface area (Å²) >= 11 is 0. The molecule has 0 atom stereocenters. The molecule has 0 aliphatic heterocycles. The van der Waals surface area contributed by atoms with Gasteiger partial charge in [-0.25, -0.2) is 14.4 Å². The molecule has 126 valence electrons. The van der Waals surface area contributed by atoms with Crippen molar-refractivity contribution in [1.82, 2.24) is 15.6 Å². The summed E-state index contributed by atoms with van der Waals surface area (Å²) in [6.07, 6.45) is 4.13. The van der Waals surface area contributed by atoms with Crippen molar-refractivity contribution in [2.75, 3.05) is 6.54 Å². The van der Waals surface area contributed by atoms with Gasteiger partial charge in [-0.05, 0) is 37.5 Å². The van der Waals surface area contributed by atoms with Gasteiger partial charge < -0.3 is 15.4 Å². The van der Waals surface area contributed by atoms with Crippen LogP contribution in [0.1, 0.15) is 25.3 Å². The van der Waals surface area contributed by atoms with Gasteiger partial charge in [0.25, 0.3) is 0 Å². The first kappa shape index (κ1) is 16.2. The van der Waals surface area contributed by atoms with Crippen LogP contribution in [-0.4, -0.2) is 23.5 Å². The van der Waals surface area contributed by atoms with E-state index in [1.165, 1.54) is 25.0 Å². The molecule has 2 N–H and O–H groups in total. The summed E-state index contributed by atoms with van der Waals surface area (Å²) in [5, 5.41) is 6.60. The number of pyridine rings is 1. The molecule has 0 bridgehead atoms. The van der Waals surface area contributed by atoms with Gasteiger partial charge in [0.2, 0.25) is 5.88 Å². The Morgan fingerprint density at radius 2 is 2.21 bits per heavy atom. The van der Waals surface area contributed by atoms with E-state index in [-0.39, 0.29) is 5.82 Å². The van der Waals surface area contributed by atoms with Gasteiger partial charge in [-0.3, -0.25) is 0 Å². The second kappa shape index (κ2) is 7.77. The minimum absolute atomic E-state index is 0.336. The fourth-order valence-electron chi connectivity index (χ4n) is 2.13. The lowest BCUT2D eigenvalue weighted by molar-refractivity contribution is 0.457. The third-order valence-electron chi connectivity index (χ3n) is 3.50. The lowest BCUT2D eigenvalue weighted by Crippen LogP contribution is -2.38. The third kappa shape index (κ3) is 4.94. The van der Waals surface area contributed by atoms with E-state index in [1.807, 2.05) is 13.0 Å². The highest BCUT2D eigenvalue weighted by molar-refractivity contribution is 5.80. The average Bonchev–Trinajstić information content (AvgIpc) is 3.38. The van der Waals surface area contributed by atoms with E-state index in [0.717, 1.165) is 18.1 Å². The van der Waals surface area contributed by atoms with Crippen molar-refractivity contribution in [3.05, 3.63) is 54.0 Å². The number of guanidine groups is 1. The molecule has 1 fully saturated rings. The maximum absolute atomic E-state index is 13.1. The van der Waals surface area contributed by atoms with Gasteiger partial charge in [-0.2, -0.15) is 0 Å². The van der Waals surface area contributed by atoms with E-state index in [1.54, 1.807) is 24.4 Å². The first-order chi connectivity index (χ1) is 11.7. The smallest absolute Gasteiger partial charge is 0.219 e. The molecule has 1 aliphatic carbocycles. The zero-order valence-electron chi connectivity index (χ0n) is 13.6. The number of halogens is 1. The number of aliphatic imine (C=N–C) groups is 1. The van der Waals surface area contributed by atoms with E-state index in [0.29, 0.717) is 24.2 Å². The second-order valence-corrected chi connectivity index (χ2v) is 5.68. The lowest BCUT2D eigenvalue weighted by atomic mass is 10.3. The largest absolute Gasteiger partial charge is 0.439 e. The molecule has 1 aromatic heterocycles. The highest BCUT2D eigenvalue weighted by atomic mass is 19.1. The van der Waals surface area contributed by atoms with Crippen LogP contribution >= 0.6 is 0 Å². The van der Waals surface area contributed by atoms with Gasteiger partial charge in [0.05, 0.1) is 6.54 Å². The topological polar surface area (TPSA) is 58.5 Å². The van der Waals surface area contributed by atoms with Gasteiger partial charge in [0.15, 0.2) is 5.96 Å². The van der Waals surface area contributed by atoms with Gasteiger partial charge in [-0.1, -0.05) is 12.1 Å². The predicted molar refractivity (Wildman–Crippen MR) is 91.7 cm³/mol. The molecule has 24 heavy (non-hydrogen) atoms. The van der Waals surface area contributed by atoms with Gasteiger partial charge in [0.1, 0.15) is 11.6 Å². The van der Waals surface area contributed by atoms with Crippen molar-refractivity contribution in [1.29, 1.82) is 0 Å². The van der Waals surface area contributed by atoms with Crippen LogP contribution in [0.2, 0.25) is 0 Å². The quantitative estimate of drug-likeness (QED) is 0.631. The van der Waals surface area contributed by atoms with Crippen LogP contribution in [0.4, 0.5) is 4.39 Å². The van der Waals surface area contributed by atoms with E-state index in [4.69, 9.17) is 4.74 Å². The van der Waals surface area contributed by atoms with Crippen molar-refractivity contribution in [2.24, 2.45) is 4.99 Å². The van der Waals surface area contributed by atoms with Crippen LogP contribution in [0.15, 0.2) is 47.6 Å². The fourth-order valence-corrected chi connectivity index (χ4v) is 2.13. The van der Waals surface area contributed by atoms with E-state index in [2.05, 4.69) is 20.6 Å². The van der Waals surface area contributed by atoms with Crippen LogP contribution in [0.3, 0.4) is 0 Å². The van der Waals surface area contributed by atoms with Crippen LogP contribution in [0, 0.1) is 5.82 Å². The number of benzene rings is 1. The number of nitrogens with one attached hydrogen (secondary N) is 2. The molecule has 1 heterocycles. The van der Waals surface area contributed by atoms with Crippen LogP contribution in [0.5, 0.6) is 11.6 Å². The van der Waals surface area contributed by atoms with E-state index < -0.39 is 0 Å². The van der Waals surface area contributed by atoms with Gasteiger partial charge in [-0.15, -0.1) is 0 Å². The predicted octanol–water partition coefficient (Wildman–Crippen LogP) is 3.23. The summed E-state index contributed by atoms with van der Waals surface area (Å²) in [7, 11) is 0. The zero-order chi connectivity index (χ0) is 16.8. The van der Waals surface area contributed by atoms with Crippen LogP contribution < -0.4 is 15.4 Å². The number of rotatable bonds is 6. The minimum Gasteiger partial charge on any atom is -0.439 e. The number of hydrogen-bond acceptors (Lipinski definition) is 3. The maximum Gasteiger partial charge on any atom is 0.219 e. The Kier molecular flexibility index (Phi) is 5.25. The summed E-state index contributed by atoms with van der Waals surface area (Å²) in [6, 6.07) is 10.2. The molecule has 0 unspecified atom stereocenters. The fraction of sp³-hybridized carbons (Fsp3) is 0.333. The summed E-state index contributed by atoms with van der Waals surface area (Å²) in [5.41, 5.74) is 0.981. The monoisotopic (exact) mass is 328 g/mol. The number of aromatic nitrogens is 1. The molecule has 0 saturated heterocycles. The van der Waals surface area contributed by atoms with Crippen molar-refractivity contribution in [2.45, 2.75) is 32.4 Å². The first-order valence-electron chi connectivity index (χ1n) is 8.16. The molecule has 6 heteroatoms.